The predicted molar refractivity (Wildman–Crippen MR) is 91.5 cm³/mol. The SMILES string of the molecule is CNc1nc(-c2ccc(Br)cc2)nc(C(C)C)c1I. The smallest absolute Gasteiger partial charge is 0.161 e. The van der Waals surface area contributed by atoms with Gasteiger partial charge in [-0.3, -0.25) is 0 Å². The van der Waals surface area contributed by atoms with E-state index in [4.69, 9.17) is 4.98 Å². The summed E-state index contributed by atoms with van der Waals surface area (Å²) in [6, 6.07) is 8.06. The van der Waals surface area contributed by atoms with Crippen LogP contribution < -0.4 is 5.32 Å². The lowest BCUT2D eigenvalue weighted by atomic mass is 10.1. The Morgan fingerprint density at radius 3 is 2.32 bits per heavy atom. The lowest BCUT2D eigenvalue weighted by Crippen LogP contribution is -2.06. The summed E-state index contributed by atoms with van der Waals surface area (Å²) in [5, 5.41) is 3.14. The van der Waals surface area contributed by atoms with Crippen LogP contribution in [0.5, 0.6) is 0 Å². The maximum atomic E-state index is 4.71. The highest BCUT2D eigenvalue weighted by atomic mass is 127. The van der Waals surface area contributed by atoms with Crippen molar-refractivity contribution < 1.29 is 0 Å². The van der Waals surface area contributed by atoms with E-state index in [2.05, 4.69) is 62.7 Å². The number of hydrogen-bond donors (Lipinski definition) is 1. The van der Waals surface area contributed by atoms with Crippen LogP contribution in [0.3, 0.4) is 0 Å². The van der Waals surface area contributed by atoms with Crippen LogP contribution in [-0.2, 0) is 0 Å². The molecule has 3 nitrogen and oxygen atoms in total. The molecule has 0 bridgehead atoms. The number of nitrogens with zero attached hydrogens (tertiary/aromatic N) is 2. The number of nitrogens with one attached hydrogen (secondary N) is 1. The van der Waals surface area contributed by atoms with E-state index < -0.39 is 0 Å². The van der Waals surface area contributed by atoms with Crippen LogP contribution in [0.15, 0.2) is 28.7 Å². The molecule has 1 aromatic carbocycles. The van der Waals surface area contributed by atoms with Gasteiger partial charge in [-0.2, -0.15) is 0 Å². The molecule has 0 spiro atoms. The lowest BCUT2D eigenvalue weighted by molar-refractivity contribution is 0.809. The minimum absolute atomic E-state index is 0.371. The Morgan fingerprint density at radius 2 is 1.79 bits per heavy atom. The first-order valence-corrected chi connectivity index (χ1v) is 7.91. The van der Waals surface area contributed by atoms with Crippen molar-refractivity contribution in [2.24, 2.45) is 0 Å². The van der Waals surface area contributed by atoms with Gasteiger partial charge in [-0.25, -0.2) is 9.97 Å². The van der Waals surface area contributed by atoms with Gasteiger partial charge in [0.25, 0.3) is 0 Å². The van der Waals surface area contributed by atoms with E-state index in [9.17, 15) is 0 Å². The zero-order chi connectivity index (χ0) is 14.0. The maximum Gasteiger partial charge on any atom is 0.161 e. The summed E-state index contributed by atoms with van der Waals surface area (Å²) in [5.74, 6) is 2.02. The Morgan fingerprint density at radius 1 is 1.16 bits per heavy atom. The zero-order valence-corrected chi connectivity index (χ0v) is 14.8. The molecule has 0 unspecified atom stereocenters. The number of aromatic nitrogens is 2. The summed E-state index contributed by atoms with van der Waals surface area (Å²) in [5.41, 5.74) is 2.11. The van der Waals surface area contributed by atoms with Crippen molar-refractivity contribution >= 4 is 44.3 Å². The average Bonchev–Trinajstić information content (AvgIpc) is 2.39. The minimum Gasteiger partial charge on any atom is -0.372 e. The van der Waals surface area contributed by atoms with E-state index in [-0.39, 0.29) is 0 Å². The van der Waals surface area contributed by atoms with Crippen molar-refractivity contribution in [2.45, 2.75) is 19.8 Å². The van der Waals surface area contributed by atoms with Crippen LogP contribution in [0.4, 0.5) is 5.82 Å². The van der Waals surface area contributed by atoms with Gasteiger partial charge < -0.3 is 5.32 Å². The molecule has 0 aliphatic heterocycles. The van der Waals surface area contributed by atoms with Crippen molar-refractivity contribution in [3.63, 3.8) is 0 Å². The number of hydrogen-bond acceptors (Lipinski definition) is 3. The number of rotatable bonds is 3. The zero-order valence-electron chi connectivity index (χ0n) is 11.0. The second-order valence-electron chi connectivity index (χ2n) is 4.51. The Balaban J connectivity index is 2.57. The van der Waals surface area contributed by atoms with Gasteiger partial charge in [0.1, 0.15) is 5.82 Å². The van der Waals surface area contributed by atoms with E-state index in [1.807, 2.05) is 31.3 Å². The molecule has 2 rings (SSSR count). The van der Waals surface area contributed by atoms with Crippen molar-refractivity contribution in [3.8, 4) is 11.4 Å². The Hall–Kier alpha value is -0.690. The van der Waals surface area contributed by atoms with Crippen LogP contribution >= 0.6 is 38.5 Å². The third-order valence-corrected chi connectivity index (χ3v) is 4.36. The second kappa shape index (κ2) is 6.17. The first kappa shape index (κ1) is 14.7. The van der Waals surface area contributed by atoms with Gasteiger partial charge in [0, 0.05) is 17.1 Å². The fraction of sp³-hybridized carbons (Fsp3) is 0.286. The van der Waals surface area contributed by atoms with E-state index in [1.54, 1.807) is 0 Å². The molecule has 1 N–H and O–H groups in total. The largest absolute Gasteiger partial charge is 0.372 e. The first-order chi connectivity index (χ1) is 9.02. The highest BCUT2D eigenvalue weighted by Crippen LogP contribution is 2.28. The number of anilines is 1. The number of halogens is 2. The molecule has 1 aromatic heterocycles. The summed E-state index contributed by atoms with van der Waals surface area (Å²) in [7, 11) is 1.89. The van der Waals surface area contributed by atoms with Gasteiger partial charge in [-0.05, 0) is 40.6 Å². The quantitative estimate of drug-likeness (QED) is 0.717. The molecule has 100 valence electrons. The molecule has 0 aliphatic rings. The van der Waals surface area contributed by atoms with E-state index in [0.717, 1.165) is 30.9 Å². The lowest BCUT2D eigenvalue weighted by Gasteiger charge is -2.13. The monoisotopic (exact) mass is 431 g/mol. The minimum atomic E-state index is 0.371. The molecule has 2 aromatic rings. The summed E-state index contributed by atoms with van der Waals surface area (Å²) in [6.07, 6.45) is 0. The number of benzene rings is 1. The molecule has 0 amide bonds. The molecule has 5 heteroatoms. The Kier molecular flexibility index (Phi) is 4.78. The van der Waals surface area contributed by atoms with Crippen LogP contribution in [-0.4, -0.2) is 17.0 Å². The van der Waals surface area contributed by atoms with Crippen molar-refractivity contribution in [1.82, 2.24) is 9.97 Å². The molecule has 0 atom stereocenters. The second-order valence-corrected chi connectivity index (χ2v) is 6.50. The molecule has 1 heterocycles. The van der Waals surface area contributed by atoms with Crippen molar-refractivity contribution in [2.75, 3.05) is 12.4 Å². The van der Waals surface area contributed by atoms with E-state index in [0.29, 0.717) is 5.92 Å². The van der Waals surface area contributed by atoms with Gasteiger partial charge in [0.15, 0.2) is 5.82 Å². The topological polar surface area (TPSA) is 37.8 Å². The summed E-state index contributed by atoms with van der Waals surface area (Å²) in [4.78, 5) is 9.30. The standard InChI is InChI=1S/C14H15BrIN3/c1-8(2)12-11(16)14(17-3)19-13(18-12)9-4-6-10(15)7-5-9/h4-8H,1-3H3,(H,17,18,19). The molecular weight excluding hydrogens is 417 g/mol. The van der Waals surface area contributed by atoms with Gasteiger partial charge in [0.2, 0.25) is 0 Å². The van der Waals surface area contributed by atoms with Crippen LogP contribution in [0, 0.1) is 3.57 Å². The van der Waals surface area contributed by atoms with E-state index in [1.165, 1.54) is 0 Å². The Bertz CT molecular complexity index is 582. The summed E-state index contributed by atoms with van der Waals surface area (Å²) < 4.78 is 2.15. The highest BCUT2D eigenvalue weighted by molar-refractivity contribution is 14.1. The molecular formula is C14H15BrIN3. The molecule has 0 fully saturated rings. The van der Waals surface area contributed by atoms with Crippen molar-refractivity contribution in [1.29, 1.82) is 0 Å². The van der Waals surface area contributed by atoms with Gasteiger partial charge in [0.05, 0.1) is 9.26 Å². The van der Waals surface area contributed by atoms with Crippen LogP contribution in [0.2, 0.25) is 0 Å². The van der Waals surface area contributed by atoms with Gasteiger partial charge >= 0.3 is 0 Å². The average molecular weight is 432 g/mol. The molecule has 0 aliphatic carbocycles. The van der Waals surface area contributed by atoms with Crippen LogP contribution in [0.25, 0.3) is 11.4 Å². The fourth-order valence-electron chi connectivity index (χ4n) is 1.74. The summed E-state index contributed by atoms with van der Waals surface area (Å²) in [6.45, 7) is 4.30. The third-order valence-electron chi connectivity index (χ3n) is 2.76. The molecule has 19 heavy (non-hydrogen) atoms. The van der Waals surface area contributed by atoms with Gasteiger partial charge in [-0.15, -0.1) is 0 Å². The predicted octanol–water partition coefficient (Wildman–Crippen LogP) is 4.68. The normalized spacial score (nSPS) is 10.8. The van der Waals surface area contributed by atoms with E-state index >= 15 is 0 Å². The molecule has 0 saturated carbocycles. The first-order valence-electron chi connectivity index (χ1n) is 6.04. The molecule has 0 saturated heterocycles. The summed E-state index contributed by atoms with van der Waals surface area (Å²) >= 11 is 5.74. The third kappa shape index (κ3) is 3.25. The van der Waals surface area contributed by atoms with Gasteiger partial charge in [-0.1, -0.05) is 41.9 Å². The Labute approximate surface area is 135 Å². The van der Waals surface area contributed by atoms with Crippen LogP contribution in [0.1, 0.15) is 25.5 Å². The van der Waals surface area contributed by atoms with Crippen molar-refractivity contribution in [3.05, 3.63) is 38.0 Å². The maximum absolute atomic E-state index is 4.71. The molecule has 0 radical (unpaired) electrons. The highest BCUT2D eigenvalue weighted by Gasteiger charge is 2.14. The fourth-order valence-corrected chi connectivity index (χ4v) is 3.14.